The lowest BCUT2D eigenvalue weighted by Crippen LogP contribution is -2.25. The topological polar surface area (TPSA) is 99.5 Å². The minimum Gasteiger partial charge on any atom is -0.491 e. The van der Waals surface area contributed by atoms with E-state index < -0.39 is 29.2 Å². The van der Waals surface area contributed by atoms with Crippen LogP contribution in [0.3, 0.4) is 0 Å². The van der Waals surface area contributed by atoms with E-state index >= 15 is 0 Å². The predicted molar refractivity (Wildman–Crippen MR) is 136 cm³/mol. The molecule has 0 bridgehead atoms. The molecule has 2 aromatic heterocycles. The lowest BCUT2D eigenvalue weighted by Gasteiger charge is -2.12. The monoisotopic (exact) mass is 545 g/mol. The van der Waals surface area contributed by atoms with E-state index in [0.29, 0.717) is 11.3 Å². The number of alkyl halides is 3. The van der Waals surface area contributed by atoms with Crippen LogP contribution >= 0.6 is 11.3 Å². The van der Waals surface area contributed by atoms with Gasteiger partial charge in [-0.25, -0.2) is 4.79 Å². The Morgan fingerprint density at radius 3 is 2.32 bits per heavy atom. The first-order valence-electron chi connectivity index (χ1n) is 11.5. The maximum atomic E-state index is 13.5. The Hall–Kier alpha value is -4.19. The summed E-state index contributed by atoms with van der Waals surface area (Å²) in [5.74, 6) is -0.753. The van der Waals surface area contributed by atoms with Crippen LogP contribution in [0.4, 0.5) is 18.2 Å². The number of esters is 1. The fraction of sp³-hybridized carbons (Fsp3) is 0.231. The van der Waals surface area contributed by atoms with Gasteiger partial charge in [-0.05, 0) is 69.3 Å². The number of carbonyl (C=O) groups is 2. The van der Waals surface area contributed by atoms with E-state index in [1.54, 1.807) is 31.2 Å². The number of carbonyl (C=O) groups excluding carboxylic acids is 2. The third-order valence-electron chi connectivity index (χ3n) is 5.28. The summed E-state index contributed by atoms with van der Waals surface area (Å²) in [6, 6.07) is 10.2. The van der Waals surface area contributed by atoms with Gasteiger partial charge in [-0.15, -0.1) is 11.3 Å². The molecule has 0 aliphatic heterocycles. The van der Waals surface area contributed by atoms with E-state index in [0.717, 1.165) is 40.3 Å². The van der Waals surface area contributed by atoms with Crippen molar-refractivity contribution in [1.82, 2.24) is 9.78 Å². The molecule has 0 atom stereocenters. The molecule has 0 fully saturated rings. The number of nitrogens with zero attached hydrogens (tertiary/aromatic N) is 2. The second-order valence-electron chi connectivity index (χ2n) is 8.33. The average Bonchev–Trinajstić information content (AvgIpc) is 3.28. The van der Waals surface area contributed by atoms with Crippen LogP contribution < -0.4 is 15.6 Å². The first-order chi connectivity index (χ1) is 18.0. The predicted octanol–water partition coefficient (Wildman–Crippen LogP) is 5.68. The highest BCUT2D eigenvalue weighted by atomic mass is 32.1. The Kier molecular flexibility index (Phi) is 7.53. The number of thiophene rings is 1. The molecule has 4 rings (SSSR count). The van der Waals surface area contributed by atoms with E-state index in [4.69, 9.17) is 9.47 Å². The standard InChI is InChI=1S/C26H22F3N3O5S/c1-4-36-25(35)21-19-13-38-23(30-22(33)15-5-11-18(12-6-15)37-14(2)3)20(19)24(34)32(31-21)17-9-7-16(8-10-17)26(27,28)29/h5-14H,4H2,1-3H3,(H,30,33). The van der Waals surface area contributed by atoms with Crippen LogP contribution in [0.1, 0.15) is 47.2 Å². The van der Waals surface area contributed by atoms with Crippen molar-refractivity contribution in [2.24, 2.45) is 0 Å². The molecule has 1 amide bonds. The molecule has 0 saturated carbocycles. The van der Waals surface area contributed by atoms with Gasteiger partial charge in [0.1, 0.15) is 10.8 Å². The van der Waals surface area contributed by atoms with Gasteiger partial charge in [-0.3, -0.25) is 9.59 Å². The van der Waals surface area contributed by atoms with Crippen molar-refractivity contribution in [3.8, 4) is 11.4 Å². The largest absolute Gasteiger partial charge is 0.491 e. The summed E-state index contributed by atoms with van der Waals surface area (Å²) in [6.07, 6.45) is -4.61. The molecule has 0 saturated heterocycles. The summed E-state index contributed by atoms with van der Waals surface area (Å²) in [5.41, 5.74) is -1.56. The molecule has 2 heterocycles. The molecule has 0 unspecified atom stereocenters. The van der Waals surface area contributed by atoms with Crippen molar-refractivity contribution >= 4 is 39.0 Å². The van der Waals surface area contributed by atoms with Crippen molar-refractivity contribution in [3.05, 3.63) is 81.1 Å². The van der Waals surface area contributed by atoms with Crippen LogP contribution in [0, 0.1) is 0 Å². The van der Waals surface area contributed by atoms with Gasteiger partial charge in [0.15, 0.2) is 5.69 Å². The van der Waals surface area contributed by atoms with Crippen LogP contribution in [0.2, 0.25) is 0 Å². The Balaban J connectivity index is 1.78. The van der Waals surface area contributed by atoms with Crippen molar-refractivity contribution < 1.29 is 32.2 Å². The number of hydrogen-bond acceptors (Lipinski definition) is 7. The van der Waals surface area contributed by atoms with E-state index in [1.807, 2.05) is 13.8 Å². The van der Waals surface area contributed by atoms with E-state index in [9.17, 15) is 27.6 Å². The summed E-state index contributed by atoms with van der Waals surface area (Å²) in [4.78, 5) is 39.1. The number of nitrogens with one attached hydrogen (secondary N) is 1. The number of fused-ring (bicyclic) bond motifs is 1. The molecule has 8 nitrogen and oxygen atoms in total. The number of anilines is 1. The molecule has 4 aromatic rings. The van der Waals surface area contributed by atoms with Crippen molar-refractivity contribution in [2.45, 2.75) is 33.1 Å². The average molecular weight is 546 g/mol. The zero-order valence-electron chi connectivity index (χ0n) is 20.5. The fourth-order valence-corrected chi connectivity index (χ4v) is 4.52. The number of halogens is 3. The van der Waals surface area contributed by atoms with Gasteiger partial charge in [0.05, 0.1) is 29.3 Å². The number of benzene rings is 2. The van der Waals surface area contributed by atoms with Gasteiger partial charge >= 0.3 is 12.1 Å². The van der Waals surface area contributed by atoms with Crippen molar-refractivity contribution in [1.29, 1.82) is 0 Å². The van der Waals surface area contributed by atoms with E-state index in [2.05, 4.69) is 10.4 Å². The molecule has 198 valence electrons. The lowest BCUT2D eigenvalue weighted by atomic mass is 10.2. The SMILES string of the molecule is CCOC(=O)c1nn(-c2ccc(C(F)(F)F)cc2)c(=O)c2c(NC(=O)c3ccc(OC(C)C)cc3)scc12. The molecule has 38 heavy (non-hydrogen) atoms. The van der Waals surface area contributed by atoms with E-state index in [1.165, 1.54) is 5.38 Å². The highest BCUT2D eigenvalue weighted by molar-refractivity contribution is 7.16. The second-order valence-corrected chi connectivity index (χ2v) is 9.21. The van der Waals surface area contributed by atoms with Gasteiger partial charge in [-0.2, -0.15) is 23.0 Å². The third-order valence-corrected chi connectivity index (χ3v) is 6.17. The van der Waals surface area contributed by atoms with Crippen molar-refractivity contribution in [2.75, 3.05) is 11.9 Å². The highest BCUT2D eigenvalue weighted by Gasteiger charge is 2.30. The Labute approximate surface area is 218 Å². The summed E-state index contributed by atoms with van der Waals surface area (Å²) in [7, 11) is 0. The molecular formula is C26H22F3N3O5S. The molecule has 2 aromatic carbocycles. The molecule has 1 N–H and O–H groups in total. The first-order valence-corrected chi connectivity index (χ1v) is 12.3. The highest BCUT2D eigenvalue weighted by Crippen LogP contribution is 2.32. The Bertz CT molecular complexity index is 1540. The Morgan fingerprint density at radius 2 is 1.74 bits per heavy atom. The fourth-order valence-electron chi connectivity index (χ4n) is 3.59. The quantitative estimate of drug-likeness (QED) is 0.300. The number of amides is 1. The summed E-state index contributed by atoms with van der Waals surface area (Å²) in [6.45, 7) is 5.38. The minimum absolute atomic E-state index is 0.000309. The van der Waals surface area contributed by atoms with Gasteiger partial charge in [-0.1, -0.05) is 0 Å². The summed E-state index contributed by atoms with van der Waals surface area (Å²) >= 11 is 1.00. The summed E-state index contributed by atoms with van der Waals surface area (Å²) < 4.78 is 50.5. The molecular weight excluding hydrogens is 523 g/mol. The maximum Gasteiger partial charge on any atom is 0.416 e. The van der Waals surface area contributed by atoms with Crippen LogP contribution in [-0.2, 0) is 10.9 Å². The second kappa shape index (κ2) is 10.7. The zero-order valence-corrected chi connectivity index (χ0v) is 21.3. The third kappa shape index (κ3) is 5.54. The van der Waals surface area contributed by atoms with Gasteiger partial charge in [0, 0.05) is 16.3 Å². The first kappa shape index (κ1) is 26.9. The molecule has 0 aliphatic carbocycles. The van der Waals surface area contributed by atoms with Crippen LogP contribution in [-0.4, -0.2) is 34.4 Å². The van der Waals surface area contributed by atoms with Gasteiger partial charge in [0.2, 0.25) is 0 Å². The number of hydrogen-bond donors (Lipinski definition) is 1. The molecule has 12 heteroatoms. The number of aromatic nitrogens is 2. The van der Waals surface area contributed by atoms with E-state index in [-0.39, 0.29) is 39.9 Å². The lowest BCUT2D eigenvalue weighted by molar-refractivity contribution is -0.137. The molecule has 0 aliphatic rings. The summed E-state index contributed by atoms with van der Waals surface area (Å²) in [5, 5.41) is 8.53. The maximum absolute atomic E-state index is 13.5. The van der Waals surface area contributed by atoms with Gasteiger partial charge in [0.25, 0.3) is 11.5 Å². The Morgan fingerprint density at radius 1 is 1.08 bits per heavy atom. The molecule has 0 radical (unpaired) electrons. The smallest absolute Gasteiger partial charge is 0.416 e. The van der Waals surface area contributed by atoms with Crippen LogP contribution in [0.5, 0.6) is 5.75 Å². The van der Waals surface area contributed by atoms with Crippen LogP contribution in [0.15, 0.2) is 58.7 Å². The number of rotatable bonds is 7. The van der Waals surface area contributed by atoms with Gasteiger partial charge < -0.3 is 14.8 Å². The minimum atomic E-state index is -4.57. The zero-order chi connectivity index (χ0) is 27.6. The molecule has 0 spiro atoms. The van der Waals surface area contributed by atoms with Crippen molar-refractivity contribution in [3.63, 3.8) is 0 Å². The van der Waals surface area contributed by atoms with Crippen LogP contribution in [0.25, 0.3) is 16.5 Å². The number of ether oxygens (including phenoxy) is 2. The normalized spacial score (nSPS) is 11.6.